The van der Waals surface area contributed by atoms with Crippen molar-refractivity contribution in [3.05, 3.63) is 35.6 Å². The first kappa shape index (κ1) is 15.6. The van der Waals surface area contributed by atoms with Crippen molar-refractivity contribution >= 4 is 11.8 Å². The number of nitriles is 1. The summed E-state index contributed by atoms with van der Waals surface area (Å²) in [7, 11) is 0. The quantitative estimate of drug-likeness (QED) is 0.808. The second-order valence-corrected chi connectivity index (χ2v) is 4.59. The molecule has 5 nitrogen and oxygen atoms in total. The van der Waals surface area contributed by atoms with Crippen molar-refractivity contribution in [1.29, 1.82) is 5.26 Å². The van der Waals surface area contributed by atoms with Crippen LogP contribution in [0.1, 0.15) is 18.9 Å². The number of nitrogens with one attached hydrogen (secondary N) is 1. The molecule has 0 fully saturated rings. The SMILES string of the molecule is C[C@H](CC#N)[C@@H](NC(=O)Cc1cccc(F)c1)C(N)=O. The third kappa shape index (κ3) is 4.69. The van der Waals surface area contributed by atoms with Crippen LogP contribution in [0.15, 0.2) is 24.3 Å². The molecule has 6 heteroatoms. The molecule has 0 radical (unpaired) electrons. The Morgan fingerprint density at radius 2 is 2.20 bits per heavy atom. The summed E-state index contributed by atoms with van der Waals surface area (Å²) in [5, 5.41) is 11.1. The lowest BCUT2D eigenvalue weighted by atomic mass is 9.98. The number of carbonyl (C=O) groups is 2. The molecule has 0 saturated carbocycles. The Kier molecular flexibility index (Phi) is 5.66. The van der Waals surface area contributed by atoms with Gasteiger partial charge in [-0.1, -0.05) is 19.1 Å². The molecule has 0 aliphatic rings. The largest absolute Gasteiger partial charge is 0.368 e. The number of benzene rings is 1. The molecule has 0 spiro atoms. The fourth-order valence-electron chi connectivity index (χ4n) is 1.81. The standard InChI is InChI=1S/C14H16FN3O2/c1-9(5-6-16)13(14(17)20)18-12(19)8-10-3-2-4-11(15)7-10/h2-4,7,9,13H,5,8H2,1H3,(H2,17,20)(H,18,19)/t9-,13-/m1/s1. The maximum atomic E-state index is 13.0. The van der Waals surface area contributed by atoms with Crippen LogP contribution in [0.2, 0.25) is 0 Å². The third-order valence-corrected chi connectivity index (χ3v) is 2.86. The summed E-state index contributed by atoms with van der Waals surface area (Å²) in [4.78, 5) is 23.1. The molecular weight excluding hydrogens is 261 g/mol. The van der Waals surface area contributed by atoms with Gasteiger partial charge in [-0.05, 0) is 23.6 Å². The van der Waals surface area contributed by atoms with Crippen molar-refractivity contribution in [2.45, 2.75) is 25.8 Å². The van der Waals surface area contributed by atoms with Gasteiger partial charge in [-0.15, -0.1) is 0 Å². The van der Waals surface area contributed by atoms with Crippen molar-refractivity contribution in [3.63, 3.8) is 0 Å². The molecule has 1 aromatic rings. The summed E-state index contributed by atoms with van der Waals surface area (Å²) < 4.78 is 13.0. The van der Waals surface area contributed by atoms with E-state index >= 15 is 0 Å². The Balaban J connectivity index is 2.67. The lowest BCUT2D eigenvalue weighted by Gasteiger charge is -2.20. The highest BCUT2D eigenvalue weighted by Gasteiger charge is 2.24. The van der Waals surface area contributed by atoms with Crippen LogP contribution >= 0.6 is 0 Å². The summed E-state index contributed by atoms with van der Waals surface area (Å²) in [6.07, 6.45) is 0.0503. The molecule has 0 aliphatic carbocycles. The Bertz CT molecular complexity index is 539. The molecule has 0 heterocycles. The number of hydrogen-bond acceptors (Lipinski definition) is 3. The Morgan fingerprint density at radius 3 is 2.75 bits per heavy atom. The fourth-order valence-corrected chi connectivity index (χ4v) is 1.81. The molecule has 0 bridgehead atoms. The fraction of sp³-hybridized carbons (Fsp3) is 0.357. The summed E-state index contributed by atoms with van der Waals surface area (Å²) in [6.45, 7) is 1.65. The number of primary amides is 1. The van der Waals surface area contributed by atoms with Crippen LogP contribution in [-0.4, -0.2) is 17.9 Å². The van der Waals surface area contributed by atoms with E-state index in [1.165, 1.54) is 18.2 Å². The van der Waals surface area contributed by atoms with Gasteiger partial charge in [0, 0.05) is 6.42 Å². The second kappa shape index (κ2) is 7.24. The van der Waals surface area contributed by atoms with Gasteiger partial charge in [-0.25, -0.2) is 4.39 Å². The first-order valence-corrected chi connectivity index (χ1v) is 6.14. The zero-order valence-electron chi connectivity index (χ0n) is 11.1. The maximum absolute atomic E-state index is 13.0. The normalized spacial score (nSPS) is 13.1. The number of nitrogens with zero attached hydrogens (tertiary/aromatic N) is 1. The van der Waals surface area contributed by atoms with Crippen LogP contribution in [0.25, 0.3) is 0 Å². The van der Waals surface area contributed by atoms with E-state index in [2.05, 4.69) is 5.32 Å². The monoisotopic (exact) mass is 277 g/mol. The number of nitrogens with two attached hydrogens (primary N) is 1. The molecular formula is C14H16FN3O2. The summed E-state index contributed by atoms with van der Waals surface area (Å²) in [5.41, 5.74) is 5.71. The van der Waals surface area contributed by atoms with Gasteiger partial charge >= 0.3 is 0 Å². The molecule has 2 amide bonds. The van der Waals surface area contributed by atoms with E-state index < -0.39 is 23.7 Å². The van der Waals surface area contributed by atoms with Gasteiger partial charge in [0.2, 0.25) is 11.8 Å². The predicted octanol–water partition coefficient (Wildman–Crippen LogP) is 0.888. The maximum Gasteiger partial charge on any atom is 0.240 e. The van der Waals surface area contributed by atoms with Crippen LogP contribution in [0.3, 0.4) is 0 Å². The van der Waals surface area contributed by atoms with Gasteiger partial charge in [-0.2, -0.15) is 5.26 Å². The van der Waals surface area contributed by atoms with E-state index in [1.807, 2.05) is 6.07 Å². The van der Waals surface area contributed by atoms with E-state index in [4.69, 9.17) is 11.0 Å². The first-order valence-electron chi connectivity index (χ1n) is 6.14. The molecule has 0 aromatic heterocycles. The van der Waals surface area contributed by atoms with Gasteiger partial charge in [0.1, 0.15) is 11.9 Å². The molecule has 1 aromatic carbocycles. The number of hydrogen-bond donors (Lipinski definition) is 2. The molecule has 3 N–H and O–H groups in total. The second-order valence-electron chi connectivity index (χ2n) is 4.59. The number of halogens is 1. The lowest BCUT2D eigenvalue weighted by molar-refractivity contribution is -0.128. The average molecular weight is 277 g/mol. The van der Waals surface area contributed by atoms with Crippen molar-refractivity contribution in [1.82, 2.24) is 5.32 Å². The minimum atomic E-state index is -0.907. The molecule has 0 saturated heterocycles. The van der Waals surface area contributed by atoms with Gasteiger partial charge < -0.3 is 11.1 Å². The highest BCUT2D eigenvalue weighted by Crippen LogP contribution is 2.09. The van der Waals surface area contributed by atoms with Crippen LogP contribution in [0.4, 0.5) is 4.39 Å². The highest BCUT2D eigenvalue weighted by atomic mass is 19.1. The van der Waals surface area contributed by atoms with Crippen LogP contribution < -0.4 is 11.1 Å². The van der Waals surface area contributed by atoms with Gasteiger partial charge in [0.05, 0.1) is 12.5 Å². The van der Waals surface area contributed by atoms with E-state index in [9.17, 15) is 14.0 Å². The molecule has 106 valence electrons. The van der Waals surface area contributed by atoms with Gasteiger partial charge in [-0.3, -0.25) is 9.59 Å². The minimum absolute atomic E-state index is 0.0547. The summed E-state index contributed by atoms with van der Waals surface area (Å²) in [5.74, 6) is -1.95. The van der Waals surface area contributed by atoms with Gasteiger partial charge in [0.25, 0.3) is 0 Å². The van der Waals surface area contributed by atoms with E-state index in [1.54, 1.807) is 13.0 Å². The summed E-state index contributed by atoms with van der Waals surface area (Å²) >= 11 is 0. The van der Waals surface area contributed by atoms with Crippen LogP contribution in [-0.2, 0) is 16.0 Å². The topological polar surface area (TPSA) is 96.0 Å². The van der Waals surface area contributed by atoms with Crippen molar-refractivity contribution < 1.29 is 14.0 Å². The first-order chi connectivity index (χ1) is 9.43. The van der Waals surface area contributed by atoms with E-state index in [0.29, 0.717) is 5.56 Å². The van der Waals surface area contributed by atoms with Crippen molar-refractivity contribution in [2.24, 2.45) is 11.7 Å². The number of amides is 2. The predicted molar refractivity (Wildman–Crippen MR) is 70.6 cm³/mol. The average Bonchev–Trinajstić information content (AvgIpc) is 2.35. The van der Waals surface area contributed by atoms with Gasteiger partial charge in [0.15, 0.2) is 0 Å². The lowest BCUT2D eigenvalue weighted by Crippen LogP contribution is -2.48. The minimum Gasteiger partial charge on any atom is -0.368 e. The van der Waals surface area contributed by atoms with Crippen molar-refractivity contribution in [3.8, 4) is 6.07 Å². The third-order valence-electron chi connectivity index (χ3n) is 2.86. The Hall–Kier alpha value is -2.42. The Labute approximate surface area is 116 Å². The van der Waals surface area contributed by atoms with Crippen LogP contribution in [0.5, 0.6) is 0 Å². The zero-order valence-corrected chi connectivity index (χ0v) is 11.1. The smallest absolute Gasteiger partial charge is 0.240 e. The number of rotatable bonds is 6. The molecule has 0 unspecified atom stereocenters. The Morgan fingerprint density at radius 1 is 1.50 bits per heavy atom. The van der Waals surface area contributed by atoms with E-state index in [0.717, 1.165) is 0 Å². The highest BCUT2D eigenvalue weighted by molar-refractivity contribution is 5.87. The molecule has 20 heavy (non-hydrogen) atoms. The molecule has 1 rings (SSSR count). The van der Waals surface area contributed by atoms with Crippen LogP contribution in [0, 0.1) is 23.1 Å². The molecule has 0 aliphatic heterocycles. The van der Waals surface area contributed by atoms with E-state index in [-0.39, 0.29) is 18.8 Å². The van der Waals surface area contributed by atoms with Crippen molar-refractivity contribution in [2.75, 3.05) is 0 Å². The zero-order chi connectivity index (χ0) is 15.1. The number of carbonyl (C=O) groups excluding carboxylic acids is 2. The molecule has 2 atom stereocenters. The summed E-state index contributed by atoms with van der Waals surface area (Å²) in [6, 6.07) is 6.66.